The summed E-state index contributed by atoms with van der Waals surface area (Å²) in [7, 11) is 1.64. The fourth-order valence-corrected chi connectivity index (χ4v) is 4.72. The number of aryl methyl sites for hydroxylation is 1. The lowest BCUT2D eigenvalue weighted by Gasteiger charge is -2.16. The minimum atomic E-state index is 0.136. The van der Waals surface area contributed by atoms with E-state index >= 15 is 0 Å². The van der Waals surface area contributed by atoms with Gasteiger partial charge in [-0.15, -0.1) is 0 Å². The Morgan fingerprint density at radius 2 is 1.85 bits per heavy atom. The van der Waals surface area contributed by atoms with E-state index < -0.39 is 0 Å². The summed E-state index contributed by atoms with van der Waals surface area (Å²) in [4.78, 5) is 12.3. The molecule has 1 saturated heterocycles. The number of nitriles is 1. The number of methoxy groups -OCH3 is 1. The zero-order chi connectivity index (χ0) is 28.4. The molecule has 0 aliphatic carbocycles. The Bertz CT molecular complexity index is 1360. The molecular weight excluding hydrogens is 482 g/mol. The van der Waals surface area contributed by atoms with Crippen molar-refractivity contribution in [3.63, 3.8) is 0 Å². The van der Waals surface area contributed by atoms with Crippen molar-refractivity contribution < 1.29 is 14.3 Å². The largest absolute Gasteiger partial charge is 0.496 e. The molecule has 4 nitrogen and oxygen atoms in total. The topological polar surface area (TPSA) is 59.3 Å². The summed E-state index contributed by atoms with van der Waals surface area (Å²) < 4.78 is 10.7. The van der Waals surface area contributed by atoms with Crippen LogP contribution >= 0.6 is 0 Å². The normalized spacial score (nSPS) is 13.7. The molecule has 0 spiro atoms. The number of hydrogen-bond acceptors (Lipinski definition) is 4. The number of ketones is 1. The van der Waals surface area contributed by atoms with Gasteiger partial charge in [0.05, 0.1) is 18.7 Å². The predicted octanol–water partition coefficient (Wildman–Crippen LogP) is 8.83. The quantitative estimate of drug-likeness (QED) is 0.229. The molecule has 0 unspecified atom stereocenters. The zero-order valence-electron chi connectivity index (χ0n) is 24.3. The van der Waals surface area contributed by atoms with Crippen LogP contribution in [0.25, 0.3) is 22.8 Å². The van der Waals surface area contributed by atoms with Gasteiger partial charge in [0, 0.05) is 30.8 Å². The summed E-state index contributed by atoms with van der Waals surface area (Å²) in [5.74, 6) is 1.75. The summed E-state index contributed by atoms with van der Waals surface area (Å²) in [5, 5.41) is 9.40. The average Bonchev–Trinajstić information content (AvgIpc) is 2.95. The van der Waals surface area contributed by atoms with Gasteiger partial charge in [0.1, 0.15) is 5.75 Å². The number of carbonyl (C=O) groups excluding carboxylic acids is 1. The average molecular weight is 524 g/mol. The maximum atomic E-state index is 12.3. The smallest absolute Gasteiger partial charge is 0.162 e. The molecule has 0 bridgehead atoms. The van der Waals surface area contributed by atoms with Gasteiger partial charge in [-0.3, -0.25) is 4.79 Å². The Balaban J connectivity index is 0.000000520. The molecule has 0 atom stereocenters. The molecule has 1 fully saturated rings. The molecule has 3 aromatic carbocycles. The molecule has 1 aliphatic rings. The van der Waals surface area contributed by atoms with Crippen molar-refractivity contribution in [2.75, 3.05) is 20.3 Å². The van der Waals surface area contributed by atoms with E-state index in [-0.39, 0.29) is 5.78 Å². The molecule has 0 N–H and O–H groups in total. The number of benzene rings is 3. The number of rotatable bonds is 7. The second kappa shape index (κ2) is 14.5. The zero-order valence-corrected chi connectivity index (χ0v) is 24.3. The molecule has 1 aliphatic heterocycles. The lowest BCUT2D eigenvalue weighted by molar-refractivity contribution is 0.0716. The maximum Gasteiger partial charge on any atom is 0.162 e. The Morgan fingerprint density at radius 3 is 2.46 bits per heavy atom. The highest BCUT2D eigenvalue weighted by atomic mass is 16.5. The van der Waals surface area contributed by atoms with Crippen LogP contribution in [0.15, 0.2) is 54.6 Å². The van der Waals surface area contributed by atoms with Gasteiger partial charge in [-0.25, -0.2) is 0 Å². The number of ether oxygens (including phenoxy) is 2. The van der Waals surface area contributed by atoms with Gasteiger partial charge >= 0.3 is 0 Å². The van der Waals surface area contributed by atoms with Crippen molar-refractivity contribution in [2.45, 2.75) is 60.3 Å². The van der Waals surface area contributed by atoms with Crippen molar-refractivity contribution in [3.8, 4) is 22.9 Å². The number of hydrogen-bond donors (Lipinski definition) is 0. The first-order valence-electron chi connectivity index (χ1n) is 13.9. The van der Waals surface area contributed by atoms with E-state index in [1.807, 2.05) is 50.2 Å². The molecule has 0 amide bonds. The summed E-state index contributed by atoms with van der Waals surface area (Å²) in [6, 6.07) is 20.2. The van der Waals surface area contributed by atoms with Crippen molar-refractivity contribution in [2.24, 2.45) is 5.92 Å². The van der Waals surface area contributed by atoms with Gasteiger partial charge in [0.15, 0.2) is 5.78 Å². The van der Waals surface area contributed by atoms with E-state index in [1.165, 1.54) is 12.8 Å². The van der Waals surface area contributed by atoms with Gasteiger partial charge in [-0.2, -0.15) is 5.26 Å². The van der Waals surface area contributed by atoms with E-state index in [4.69, 9.17) is 9.47 Å². The van der Waals surface area contributed by atoms with Crippen molar-refractivity contribution in [1.82, 2.24) is 0 Å². The van der Waals surface area contributed by atoms with Crippen molar-refractivity contribution in [3.05, 3.63) is 88.0 Å². The number of carbonyl (C=O) groups is 1. The van der Waals surface area contributed by atoms with Crippen LogP contribution in [0.4, 0.5) is 0 Å². The molecular formula is C35H41NO3. The first-order valence-corrected chi connectivity index (χ1v) is 13.9. The minimum Gasteiger partial charge on any atom is -0.496 e. The first-order chi connectivity index (χ1) is 18.8. The number of nitrogens with zero attached hydrogens (tertiary/aromatic N) is 1. The summed E-state index contributed by atoms with van der Waals surface area (Å²) in [5.41, 5.74) is 8.78. The van der Waals surface area contributed by atoms with Gasteiger partial charge in [-0.1, -0.05) is 62.4 Å². The Labute approximate surface area is 234 Å². The molecule has 0 aromatic heterocycles. The molecule has 0 saturated carbocycles. The second-order valence-electron chi connectivity index (χ2n) is 10.4. The van der Waals surface area contributed by atoms with Crippen LogP contribution in [0.1, 0.15) is 84.6 Å². The summed E-state index contributed by atoms with van der Waals surface area (Å²) >= 11 is 0. The monoisotopic (exact) mass is 523 g/mol. The molecule has 4 rings (SSSR count). The van der Waals surface area contributed by atoms with E-state index in [1.54, 1.807) is 7.11 Å². The third-order valence-electron chi connectivity index (χ3n) is 7.35. The standard InChI is InChI=1S/C29H29NO2.C6H12O/c1-6-8-28(31)24-13-14-26(29(17-24)32-5)20(3)15-22-9-7-10-27(21(22)4)23-12-11-19(2)25(16-23)18-30;1-6-2-4-7-5-3-6/h7,9-17H,6,8H2,1-5H3;6H,2-5H2,1H3/b20-15+;. The summed E-state index contributed by atoms with van der Waals surface area (Å²) in [6.07, 6.45) is 6.04. The van der Waals surface area contributed by atoms with Gasteiger partial charge < -0.3 is 9.47 Å². The second-order valence-corrected chi connectivity index (χ2v) is 10.4. The molecule has 204 valence electrons. The minimum absolute atomic E-state index is 0.136. The van der Waals surface area contributed by atoms with Crippen LogP contribution in [0.5, 0.6) is 5.75 Å². The maximum absolute atomic E-state index is 12.3. The van der Waals surface area contributed by atoms with Gasteiger partial charge in [0.2, 0.25) is 0 Å². The summed E-state index contributed by atoms with van der Waals surface area (Å²) in [6.45, 7) is 12.4. The molecule has 39 heavy (non-hydrogen) atoms. The van der Waals surface area contributed by atoms with Crippen LogP contribution in [0, 0.1) is 31.1 Å². The number of Topliss-reactive ketones (excluding diaryl/α,β-unsaturated/α-hetero) is 1. The highest BCUT2D eigenvalue weighted by Gasteiger charge is 2.12. The molecule has 0 radical (unpaired) electrons. The SMILES string of the molecule is CC1CCOCC1.CCCC(=O)c1ccc(/C(C)=C/c2cccc(-c3ccc(C)c(C#N)c3)c2C)c(OC)c1. The fraction of sp³-hybridized carbons (Fsp3) is 0.371. The molecule has 1 heterocycles. The third-order valence-corrected chi connectivity index (χ3v) is 7.35. The predicted molar refractivity (Wildman–Crippen MR) is 161 cm³/mol. The van der Waals surface area contributed by atoms with Gasteiger partial charge in [-0.05, 0) is 91.5 Å². The van der Waals surface area contributed by atoms with Crippen LogP contribution < -0.4 is 4.74 Å². The van der Waals surface area contributed by atoms with E-state index in [2.05, 4.69) is 51.1 Å². The van der Waals surface area contributed by atoms with E-state index in [0.717, 1.165) is 64.5 Å². The Kier molecular flexibility index (Phi) is 11.1. The van der Waals surface area contributed by atoms with E-state index in [0.29, 0.717) is 23.3 Å². The Hall–Kier alpha value is -3.68. The lowest BCUT2D eigenvalue weighted by atomic mass is 9.92. The lowest BCUT2D eigenvalue weighted by Crippen LogP contribution is -2.12. The van der Waals surface area contributed by atoms with Crippen molar-refractivity contribution in [1.29, 1.82) is 5.26 Å². The number of allylic oxidation sites excluding steroid dienone is 1. The van der Waals surface area contributed by atoms with Gasteiger partial charge in [0.25, 0.3) is 0 Å². The van der Waals surface area contributed by atoms with Crippen molar-refractivity contribution >= 4 is 17.4 Å². The van der Waals surface area contributed by atoms with Crippen LogP contribution in [0.2, 0.25) is 0 Å². The molecule has 3 aromatic rings. The first kappa shape index (κ1) is 29.9. The fourth-order valence-electron chi connectivity index (χ4n) is 4.72. The highest BCUT2D eigenvalue weighted by Crippen LogP contribution is 2.32. The highest BCUT2D eigenvalue weighted by molar-refractivity contribution is 5.97. The third kappa shape index (κ3) is 7.91. The molecule has 4 heteroatoms. The van der Waals surface area contributed by atoms with Crippen LogP contribution in [0.3, 0.4) is 0 Å². The van der Waals surface area contributed by atoms with Crippen LogP contribution in [-0.4, -0.2) is 26.1 Å². The Morgan fingerprint density at radius 1 is 1.10 bits per heavy atom. The van der Waals surface area contributed by atoms with E-state index in [9.17, 15) is 10.1 Å². The van der Waals surface area contributed by atoms with Crippen LogP contribution in [-0.2, 0) is 4.74 Å².